The third-order valence-electron chi connectivity index (χ3n) is 1.22. The second-order valence-corrected chi connectivity index (χ2v) is 11.3. The van der Waals surface area contributed by atoms with E-state index in [-0.39, 0.29) is 55.6 Å². The standard InChI is InChI=1S/3C4H11O3P.Er/c3*1-4(2)7-8(3,5)6;/h3*4H,1-3H3,(H,5,6);. The van der Waals surface area contributed by atoms with Gasteiger partial charge in [0.2, 0.25) is 0 Å². The first-order valence-electron chi connectivity index (χ1n) is 7.21. The van der Waals surface area contributed by atoms with Crippen LogP contribution in [0.2, 0.25) is 0 Å². The van der Waals surface area contributed by atoms with E-state index in [1.807, 2.05) is 0 Å². The maximum absolute atomic E-state index is 10.4. The van der Waals surface area contributed by atoms with Crippen molar-refractivity contribution in [1.82, 2.24) is 0 Å². The minimum absolute atomic E-state index is 0. The molecule has 0 aliphatic carbocycles. The molecule has 0 aliphatic heterocycles. The van der Waals surface area contributed by atoms with Crippen LogP contribution in [0.3, 0.4) is 0 Å². The van der Waals surface area contributed by atoms with Gasteiger partial charge in [-0.05, 0) is 41.5 Å². The smallest absolute Gasteiger partial charge is 0.324 e. The van der Waals surface area contributed by atoms with Crippen LogP contribution in [0.4, 0.5) is 0 Å². The quantitative estimate of drug-likeness (QED) is 0.401. The molecule has 0 bridgehead atoms. The molecule has 0 saturated heterocycles. The van der Waals surface area contributed by atoms with Crippen LogP contribution in [0.25, 0.3) is 0 Å². The molecule has 9 nitrogen and oxygen atoms in total. The molecule has 0 fully saturated rings. The van der Waals surface area contributed by atoms with Crippen molar-refractivity contribution in [3.63, 3.8) is 0 Å². The fourth-order valence-electron chi connectivity index (χ4n) is 1.17. The van der Waals surface area contributed by atoms with E-state index in [0.29, 0.717) is 0 Å². The molecule has 0 aromatic rings. The van der Waals surface area contributed by atoms with Crippen LogP contribution in [-0.2, 0) is 27.3 Å². The van der Waals surface area contributed by atoms with Gasteiger partial charge in [-0.25, -0.2) is 0 Å². The van der Waals surface area contributed by atoms with Crippen LogP contribution >= 0.6 is 22.8 Å². The molecule has 3 N–H and O–H groups in total. The fraction of sp³-hybridized carbons (Fsp3) is 1.00. The molecule has 0 amide bonds. The summed E-state index contributed by atoms with van der Waals surface area (Å²) in [6, 6.07) is 0. The number of hydrogen-bond acceptors (Lipinski definition) is 6. The summed E-state index contributed by atoms with van der Waals surface area (Å²) >= 11 is 0. The summed E-state index contributed by atoms with van der Waals surface area (Å²) in [4.78, 5) is 25.6. The Morgan fingerprint density at radius 2 is 0.680 bits per heavy atom. The van der Waals surface area contributed by atoms with Crippen LogP contribution in [-0.4, -0.2) is 53.0 Å². The Morgan fingerprint density at radius 3 is 0.680 bits per heavy atom. The van der Waals surface area contributed by atoms with Crippen molar-refractivity contribution in [1.29, 1.82) is 0 Å². The van der Waals surface area contributed by atoms with Gasteiger partial charge in [-0.3, -0.25) is 13.7 Å². The van der Waals surface area contributed by atoms with Crippen molar-refractivity contribution < 1.29 is 79.3 Å². The van der Waals surface area contributed by atoms with Crippen LogP contribution in [0, 0.1) is 37.3 Å². The minimum atomic E-state index is -3.22. The van der Waals surface area contributed by atoms with Crippen molar-refractivity contribution in [2.45, 2.75) is 59.9 Å². The Bertz CT molecular complexity index is 384. The Kier molecular flexibility index (Phi) is 21.4. The molecule has 0 aromatic carbocycles. The first-order valence-corrected chi connectivity index (χ1v) is 13.3. The summed E-state index contributed by atoms with van der Waals surface area (Å²) in [6.07, 6.45) is -0.512. The van der Waals surface area contributed by atoms with E-state index in [4.69, 9.17) is 14.7 Å². The molecule has 0 aliphatic rings. The molecule has 3 unspecified atom stereocenters. The maximum atomic E-state index is 10.4. The molecular weight excluding hydrogens is 548 g/mol. The Hall–Kier alpha value is 1.70. The monoisotopic (exact) mass is 580 g/mol. The van der Waals surface area contributed by atoms with Crippen molar-refractivity contribution >= 4 is 22.8 Å². The molecule has 0 saturated carbocycles. The van der Waals surface area contributed by atoms with E-state index in [9.17, 15) is 13.7 Å². The van der Waals surface area contributed by atoms with Gasteiger partial charge in [0.25, 0.3) is 0 Å². The second kappa shape index (κ2) is 15.6. The van der Waals surface area contributed by atoms with Gasteiger partial charge < -0.3 is 28.3 Å². The Labute approximate surface area is 181 Å². The summed E-state index contributed by atoms with van der Waals surface area (Å²) in [5.41, 5.74) is 0. The van der Waals surface area contributed by atoms with Crippen molar-refractivity contribution in [2.24, 2.45) is 0 Å². The zero-order chi connectivity index (χ0) is 20.4. The molecule has 0 aromatic heterocycles. The first-order chi connectivity index (χ1) is 10.2. The summed E-state index contributed by atoms with van der Waals surface area (Å²) in [7, 11) is -9.67. The largest absolute Gasteiger partial charge is 0.325 e. The van der Waals surface area contributed by atoms with Crippen LogP contribution in [0.5, 0.6) is 0 Å². The molecule has 13 heteroatoms. The summed E-state index contributed by atoms with van der Waals surface area (Å²) in [5, 5.41) is 0. The Morgan fingerprint density at radius 1 is 0.560 bits per heavy atom. The zero-order valence-corrected chi connectivity index (χ0v) is 20.7. The van der Waals surface area contributed by atoms with E-state index in [1.165, 1.54) is 20.0 Å². The SMILES string of the molecule is CC(C)OP(C)(=O)O.CC(C)OP(C)(=O)O.CC(C)OP(C)(=O)O.[Er]. The van der Waals surface area contributed by atoms with E-state index in [1.54, 1.807) is 41.5 Å². The van der Waals surface area contributed by atoms with Crippen LogP contribution < -0.4 is 0 Å². The van der Waals surface area contributed by atoms with Crippen molar-refractivity contribution in [3.8, 4) is 0 Å². The normalized spacial score (nSPS) is 17.9. The third kappa shape index (κ3) is 51.8. The zero-order valence-electron chi connectivity index (χ0n) is 16.2. The molecule has 0 spiro atoms. The fourth-order valence-corrected chi connectivity index (χ4v) is 3.52. The van der Waals surface area contributed by atoms with E-state index >= 15 is 0 Å². The molecule has 0 heterocycles. The molecule has 0 radical (unpaired) electrons. The van der Waals surface area contributed by atoms with E-state index in [0.717, 1.165) is 0 Å². The van der Waals surface area contributed by atoms with Gasteiger partial charge in [-0.15, -0.1) is 0 Å². The molecule has 3 atom stereocenters. The van der Waals surface area contributed by atoms with Gasteiger partial charge in [0.1, 0.15) is 0 Å². The van der Waals surface area contributed by atoms with E-state index < -0.39 is 22.8 Å². The van der Waals surface area contributed by atoms with Crippen LogP contribution in [0.15, 0.2) is 0 Å². The van der Waals surface area contributed by atoms with Gasteiger partial charge in [-0.1, -0.05) is 0 Å². The van der Waals surface area contributed by atoms with Crippen molar-refractivity contribution in [2.75, 3.05) is 20.0 Å². The molecular formula is C12H33ErO9P3. The minimum Gasteiger partial charge on any atom is -0.324 e. The third-order valence-corrected chi connectivity index (χ3v) is 3.66. The van der Waals surface area contributed by atoms with Gasteiger partial charge in [0.05, 0.1) is 18.3 Å². The average Bonchev–Trinajstić information content (AvgIpc) is 2.04. The summed E-state index contributed by atoms with van der Waals surface area (Å²) in [6.45, 7) is 13.8. The van der Waals surface area contributed by atoms with Gasteiger partial charge in [0, 0.05) is 57.3 Å². The topological polar surface area (TPSA) is 140 Å². The molecule has 25 heavy (non-hydrogen) atoms. The van der Waals surface area contributed by atoms with Gasteiger partial charge in [0.15, 0.2) is 0 Å². The van der Waals surface area contributed by atoms with Crippen molar-refractivity contribution in [3.05, 3.63) is 0 Å². The van der Waals surface area contributed by atoms with Gasteiger partial charge >= 0.3 is 22.8 Å². The number of hydrogen-bond donors (Lipinski definition) is 3. The second-order valence-electron chi connectivity index (χ2n) is 5.87. The summed E-state index contributed by atoms with van der Waals surface area (Å²) in [5.74, 6) is 0. The molecule has 162 valence electrons. The molecule has 0 rings (SSSR count). The van der Waals surface area contributed by atoms with E-state index in [2.05, 4.69) is 13.6 Å². The first kappa shape index (κ1) is 34.2. The summed E-state index contributed by atoms with van der Waals surface area (Å²) < 4.78 is 44.7. The van der Waals surface area contributed by atoms with Crippen LogP contribution in [0.1, 0.15) is 41.5 Å². The number of rotatable bonds is 6. The average molecular weight is 582 g/mol. The predicted molar refractivity (Wildman–Crippen MR) is 95.9 cm³/mol. The Balaban J connectivity index is -0.000000130. The predicted octanol–water partition coefficient (Wildman–Crippen LogP) is 3.68. The van der Waals surface area contributed by atoms with Gasteiger partial charge in [-0.2, -0.15) is 0 Å². The maximum Gasteiger partial charge on any atom is 0.325 e.